The fourth-order valence-electron chi connectivity index (χ4n) is 3.37. The predicted molar refractivity (Wildman–Crippen MR) is 113 cm³/mol. The molecule has 1 aliphatic heterocycles. The highest BCUT2D eigenvalue weighted by Crippen LogP contribution is 2.53. The van der Waals surface area contributed by atoms with E-state index in [1.165, 1.54) is 42.6 Å². The van der Waals surface area contributed by atoms with Gasteiger partial charge >= 0.3 is 18.6 Å². The molecule has 2 aromatic heterocycles. The number of ether oxygens (including phenoxy) is 3. The van der Waals surface area contributed by atoms with Gasteiger partial charge in [-0.25, -0.2) is 14.8 Å². The zero-order valence-electron chi connectivity index (χ0n) is 18.0. The number of hydrogen-bond donors (Lipinski definition) is 2. The van der Waals surface area contributed by atoms with Gasteiger partial charge in [-0.1, -0.05) is 18.2 Å². The Morgan fingerprint density at radius 2 is 1.72 bits per heavy atom. The lowest BCUT2D eigenvalue weighted by Gasteiger charge is -2.43. The van der Waals surface area contributed by atoms with E-state index in [9.17, 15) is 31.1 Å². The third-order valence-electron chi connectivity index (χ3n) is 5.02. The van der Waals surface area contributed by atoms with E-state index in [2.05, 4.69) is 25.3 Å². The van der Waals surface area contributed by atoms with Crippen molar-refractivity contribution < 1.29 is 45.3 Å². The summed E-state index contributed by atoms with van der Waals surface area (Å²) in [6, 6.07) is 9.44. The number of aromatic nitrogens is 2. The number of anilines is 2. The van der Waals surface area contributed by atoms with Crippen LogP contribution in [0.1, 0.15) is 12.0 Å². The van der Waals surface area contributed by atoms with Crippen molar-refractivity contribution in [3.63, 3.8) is 0 Å². The molecule has 1 fully saturated rings. The molecule has 1 unspecified atom stereocenters. The summed E-state index contributed by atoms with van der Waals surface area (Å²) in [7, 11) is 0. The van der Waals surface area contributed by atoms with Crippen LogP contribution in [-0.4, -0.2) is 35.1 Å². The van der Waals surface area contributed by atoms with Gasteiger partial charge in [-0.3, -0.25) is 5.32 Å². The van der Waals surface area contributed by atoms with Crippen molar-refractivity contribution in [1.82, 2.24) is 9.97 Å². The smallest absolute Gasteiger partial charge is 0.437 e. The van der Waals surface area contributed by atoms with Crippen LogP contribution in [0.3, 0.4) is 0 Å². The molecule has 8 nitrogen and oxygen atoms in total. The zero-order valence-corrected chi connectivity index (χ0v) is 18.0. The van der Waals surface area contributed by atoms with Gasteiger partial charge in [0.15, 0.2) is 5.60 Å². The number of amides is 2. The van der Waals surface area contributed by atoms with Crippen molar-refractivity contribution in [2.75, 3.05) is 17.2 Å². The molecule has 0 bridgehead atoms. The first-order valence-electron chi connectivity index (χ1n) is 10.2. The minimum absolute atomic E-state index is 0.00239. The molecular weight excluding hydrogens is 498 g/mol. The Hall–Kier alpha value is -4.07. The molecule has 3 heterocycles. The van der Waals surface area contributed by atoms with E-state index in [-0.39, 0.29) is 41.7 Å². The van der Waals surface area contributed by atoms with Crippen LogP contribution in [0.25, 0.3) is 0 Å². The second-order valence-corrected chi connectivity index (χ2v) is 7.38. The standard InChI is InChI=1S/C22H16F6N4O4/c23-21(24,25)20(9-11-34-20)14-4-1-2-6-16(14)35-18-15(5-3-10-29-18)31-19(33)32-17-8-7-13(12-30-17)36-22(26,27)28/h1-8,10,12H,9,11H2,(H2,30,31,32,33). The van der Waals surface area contributed by atoms with Crippen LogP contribution in [0.2, 0.25) is 0 Å². The number of nitrogens with zero attached hydrogens (tertiary/aromatic N) is 2. The van der Waals surface area contributed by atoms with Gasteiger partial charge in [0, 0.05) is 18.2 Å². The van der Waals surface area contributed by atoms with Gasteiger partial charge in [0.05, 0.1) is 12.8 Å². The molecule has 14 heteroatoms. The second-order valence-electron chi connectivity index (χ2n) is 7.38. The summed E-state index contributed by atoms with van der Waals surface area (Å²) in [6.07, 6.45) is -7.80. The van der Waals surface area contributed by atoms with Gasteiger partial charge in [-0.2, -0.15) is 13.2 Å². The van der Waals surface area contributed by atoms with Crippen LogP contribution in [-0.2, 0) is 10.3 Å². The average molecular weight is 514 g/mol. The first-order valence-corrected chi connectivity index (χ1v) is 10.2. The third-order valence-corrected chi connectivity index (χ3v) is 5.02. The number of carbonyl (C=O) groups excluding carboxylic acids is 1. The first kappa shape index (κ1) is 25.0. The molecule has 0 aliphatic carbocycles. The molecule has 0 spiro atoms. The van der Waals surface area contributed by atoms with Crippen LogP contribution < -0.4 is 20.1 Å². The Balaban J connectivity index is 1.50. The van der Waals surface area contributed by atoms with E-state index in [0.717, 1.165) is 18.3 Å². The monoisotopic (exact) mass is 514 g/mol. The lowest BCUT2D eigenvalue weighted by molar-refractivity contribution is -0.333. The number of alkyl halides is 6. The number of para-hydroxylation sites is 1. The highest BCUT2D eigenvalue weighted by Gasteiger charge is 2.62. The van der Waals surface area contributed by atoms with Crippen molar-refractivity contribution in [2.45, 2.75) is 24.6 Å². The number of carbonyl (C=O) groups is 1. The maximum Gasteiger partial charge on any atom is 0.573 e. The number of hydrogen-bond acceptors (Lipinski definition) is 6. The van der Waals surface area contributed by atoms with E-state index in [4.69, 9.17) is 9.47 Å². The summed E-state index contributed by atoms with van der Waals surface area (Å²) >= 11 is 0. The van der Waals surface area contributed by atoms with Crippen LogP contribution in [0.4, 0.5) is 42.6 Å². The number of rotatable bonds is 6. The number of benzene rings is 1. The Bertz CT molecular complexity index is 1230. The fraction of sp³-hybridized carbons (Fsp3) is 0.227. The fourth-order valence-corrected chi connectivity index (χ4v) is 3.37. The minimum atomic E-state index is -4.90. The van der Waals surface area contributed by atoms with Gasteiger partial charge in [0.1, 0.15) is 23.0 Å². The van der Waals surface area contributed by atoms with Gasteiger partial charge in [-0.15, -0.1) is 13.2 Å². The minimum Gasteiger partial charge on any atom is -0.437 e. The maximum absolute atomic E-state index is 13.8. The molecule has 3 aromatic rings. The van der Waals surface area contributed by atoms with E-state index >= 15 is 0 Å². The molecule has 0 saturated carbocycles. The molecule has 1 saturated heterocycles. The van der Waals surface area contributed by atoms with Gasteiger partial charge in [0.25, 0.3) is 0 Å². The lowest BCUT2D eigenvalue weighted by Crippen LogP contribution is -2.52. The van der Waals surface area contributed by atoms with Crippen LogP contribution in [0.15, 0.2) is 60.9 Å². The van der Waals surface area contributed by atoms with Crippen molar-refractivity contribution >= 4 is 17.5 Å². The zero-order chi connectivity index (χ0) is 26.0. The van der Waals surface area contributed by atoms with E-state index in [0.29, 0.717) is 0 Å². The highest BCUT2D eigenvalue weighted by molar-refractivity contribution is 5.99. The molecule has 0 radical (unpaired) electrons. The largest absolute Gasteiger partial charge is 0.573 e. The molecule has 190 valence electrons. The Labute approximate surface area is 199 Å². The quantitative estimate of drug-likeness (QED) is 0.393. The van der Waals surface area contributed by atoms with Gasteiger partial charge in [0.2, 0.25) is 5.88 Å². The summed E-state index contributed by atoms with van der Waals surface area (Å²) in [6.45, 7) is -0.0677. The average Bonchev–Trinajstić information content (AvgIpc) is 2.75. The molecule has 4 rings (SSSR count). The first-order chi connectivity index (χ1) is 17.0. The van der Waals surface area contributed by atoms with Gasteiger partial charge < -0.3 is 19.5 Å². The maximum atomic E-state index is 13.8. The van der Waals surface area contributed by atoms with Crippen LogP contribution in [0.5, 0.6) is 17.4 Å². The highest BCUT2D eigenvalue weighted by atomic mass is 19.4. The Morgan fingerprint density at radius 1 is 0.972 bits per heavy atom. The third kappa shape index (κ3) is 5.43. The number of urea groups is 1. The summed E-state index contributed by atoms with van der Waals surface area (Å²) in [5, 5.41) is 4.70. The molecule has 1 atom stereocenters. The SMILES string of the molecule is O=C(Nc1ccc(OC(F)(F)F)cn1)Nc1cccnc1Oc1ccccc1C1(C(F)(F)F)CCO1. The van der Waals surface area contributed by atoms with E-state index in [1.54, 1.807) is 0 Å². The van der Waals surface area contributed by atoms with E-state index < -0.39 is 29.9 Å². The summed E-state index contributed by atoms with van der Waals surface area (Å²) in [4.78, 5) is 20.0. The number of nitrogens with one attached hydrogen (secondary N) is 2. The molecular formula is C22H16F6N4O4. The number of pyridine rings is 2. The predicted octanol–water partition coefficient (Wildman–Crippen LogP) is 5.99. The van der Waals surface area contributed by atoms with E-state index in [1.807, 2.05) is 0 Å². The molecule has 1 aromatic carbocycles. The molecule has 2 amide bonds. The van der Waals surface area contributed by atoms with Gasteiger partial charge in [-0.05, 0) is 30.3 Å². The topological polar surface area (TPSA) is 94.6 Å². The van der Waals surface area contributed by atoms with Crippen molar-refractivity contribution in [3.8, 4) is 17.4 Å². The molecule has 36 heavy (non-hydrogen) atoms. The second kappa shape index (κ2) is 9.53. The molecule has 2 N–H and O–H groups in total. The van der Waals surface area contributed by atoms with Crippen LogP contribution >= 0.6 is 0 Å². The van der Waals surface area contributed by atoms with Crippen LogP contribution in [0, 0.1) is 0 Å². The number of halogens is 6. The summed E-state index contributed by atoms with van der Waals surface area (Å²) in [5.41, 5.74) is -2.76. The van der Waals surface area contributed by atoms with Crippen molar-refractivity contribution in [1.29, 1.82) is 0 Å². The summed E-state index contributed by atoms with van der Waals surface area (Å²) < 4.78 is 92.5. The normalized spacial score (nSPS) is 17.6. The van der Waals surface area contributed by atoms with Crippen molar-refractivity contribution in [3.05, 3.63) is 66.5 Å². The summed E-state index contributed by atoms with van der Waals surface area (Å²) in [5.74, 6) is -1.06. The Morgan fingerprint density at radius 3 is 2.33 bits per heavy atom. The lowest BCUT2D eigenvalue weighted by atomic mass is 9.85. The van der Waals surface area contributed by atoms with Crippen molar-refractivity contribution in [2.24, 2.45) is 0 Å². The Kier molecular flexibility index (Phi) is 6.63. The molecule has 1 aliphatic rings.